The molecule has 172 valence electrons. The minimum absolute atomic E-state index is 1.09. The average Bonchev–Trinajstić information content (AvgIpc) is 3.50. The van der Waals surface area contributed by atoms with Crippen molar-refractivity contribution < 1.29 is 0 Å². The third-order valence-corrected chi connectivity index (χ3v) is 12.1. The molecule has 0 bridgehead atoms. The van der Waals surface area contributed by atoms with Crippen LogP contribution < -0.4 is 0 Å². The van der Waals surface area contributed by atoms with Crippen LogP contribution in [-0.2, 0) is 12.8 Å². The molecule has 0 saturated heterocycles. The van der Waals surface area contributed by atoms with E-state index in [1.54, 1.807) is 10.4 Å². The molecule has 4 aromatic rings. The number of hydrogen-bond acceptors (Lipinski definition) is 0. The molecular weight excluding hydrogens is 436 g/mol. The number of fused-ring (bicyclic) bond motifs is 2. The molecule has 1 heteroatoms. The molecule has 0 unspecified atom stereocenters. The summed E-state index contributed by atoms with van der Waals surface area (Å²) in [4.78, 5) is 0. The summed E-state index contributed by atoms with van der Waals surface area (Å²) in [5.41, 5.74) is 14.0. The molecular formula is C34H32Si. The van der Waals surface area contributed by atoms with E-state index in [0.717, 1.165) is 12.8 Å². The maximum atomic E-state index is 2.56. The van der Waals surface area contributed by atoms with Crippen LogP contribution in [0.4, 0.5) is 0 Å². The summed E-state index contributed by atoms with van der Waals surface area (Å²) in [6, 6.07) is 31.3. The second kappa shape index (κ2) is 8.36. The van der Waals surface area contributed by atoms with E-state index in [1.165, 1.54) is 55.6 Å². The zero-order valence-electron chi connectivity index (χ0n) is 21.2. The maximum Gasteiger partial charge on any atom is 0.103 e. The van der Waals surface area contributed by atoms with E-state index in [1.807, 2.05) is 0 Å². The van der Waals surface area contributed by atoms with Crippen molar-refractivity contribution in [2.75, 3.05) is 0 Å². The lowest BCUT2D eigenvalue weighted by Crippen LogP contribution is -2.32. The molecule has 0 radical (unpaired) electrons. The van der Waals surface area contributed by atoms with Crippen molar-refractivity contribution in [2.45, 2.75) is 39.8 Å². The van der Waals surface area contributed by atoms with Crippen LogP contribution in [0.25, 0.3) is 34.4 Å². The summed E-state index contributed by atoms with van der Waals surface area (Å²) < 4.78 is 0. The highest BCUT2D eigenvalue weighted by Gasteiger charge is 2.36. The van der Waals surface area contributed by atoms with E-state index >= 15 is 0 Å². The zero-order valence-corrected chi connectivity index (χ0v) is 22.2. The first-order valence-corrected chi connectivity index (χ1v) is 15.7. The maximum absolute atomic E-state index is 2.56. The van der Waals surface area contributed by atoms with E-state index in [2.05, 4.69) is 124 Å². The second-order valence-corrected chi connectivity index (χ2v) is 15.2. The second-order valence-electron chi connectivity index (χ2n) is 10.7. The third-order valence-electron chi connectivity index (χ3n) is 8.27. The minimum atomic E-state index is -1.79. The molecule has 0 aromatic heterocycles. The zero-order chi connectivity index (χ0) is 24.2. The number of hydrogen-bond donors (Lipinski definition) is 0. The van der Waals surface area contributed by atoms with Gasteiger partial charge in [-0.1, -0.05) is 121 Å². The molecule has 0 spiro atoms. The summed E-state index contributed by atoms with van der Waals surface area (Å²) in [6.07, 6.45) is 7.28. The molecule has 0 heterocycles. The fraction of sp³-hybridized carbons (Fsp3) is 0.176. The molecule has 2 aliphatic rings. The SMILES string of the molecule is Cc1ccccc1-c1cccc2c1C=C([Si](C)(C)C1=Cc3c(cccc3-c3ccccc3C)C1)C2. The van der Waals surface area contributed by atoms with Crippen LogP contribution in [0, 0.1) is 13.8 Å². The predicted molar refractivity (Wildman–Crippen MR) is 154 cm³/mol. The van der Waals surface area contributed by atoms with Crippen molar-refractivity contribution in [1.82, 2.24) is 0 Å². The summed E-state index contributed by atoms with van der Waals surface area (Å²) in [5.74, 6) is 0. The Kier molecular flexibility index (Phi) is 5.27. The van der Waals surface area contributed by atoms with Gasteiger partial charge in [0.15, 0.2) is 0 Å². The molecule has 0 aliphatic heterocycles. The Labute approximate surface area is 210 Å². The number of rotatable bonds is 4. The van der Waals surface area contributed by atoms with Crippen LogP contribution in [-0.4, -0.2) is 8.07 Å². The average molecular weight is 469 g/mol. The van der Waals surface area contributed by atoms with Crippen molar-refractivity contribution in [3.05, 3.63) is 129 Å². The molecule has 0 saturated carbocycles. The van der Waals surface area contributed by atoms with Gasteiger partial charge in [0.05, 0.1) is 0 Å². The van der Waals surface area contributed by atoms with Gasteiger partial charge in [0.2, 0.25) is 0 Å². The summed E-state index contributed by atoms with van der Waals surface area (Å²) in [5, 5.41) is 3.31. The van der Waals surface area contributed by atoms with Crippen LogP contribution in [0.15, 0.2) is 95.3 Å². The predicted octanol–water partition coefficient (Wildman–Crippen LogP) is 9.00. The van der Waals surface area contributed by atoms with Gasteiger partial charge in [-0.3, -0.25) is 0 Å². The Morgan fingerprint density at radius 2 is 0.886 bits per heavy atom. The van der Waals surface area contributed by atoms with Gasteiger partial charge < -0.3 is 0 Å². The summed E-state index contributed by atoms with van der Waals surface area (Å²) in [7, 11) is -1.79. The standard InChI is InChI=1S/C34H32Si/c1-23-11-5-7-15-29(23)31-17-9-13-25-19-27(21-33(25)31)35(3,4)28-20-26-14-10-18-32(34(26)22-28)30-16-8-6-12-24(30)2/h5-18,21-22H,19-20H2,1-4H3. The fourth-order valence-electron chi connectivity index (χ4n) is 5.97. The fourth-order valence-corrected chi connectivity index (χ4v) is 8.65. The van der Waals surface area contributed by atoms with Gasteiger partial charge in [0.1, 0.15) is 8.07 Å². The van der Waals surface area contributed by atoms with E-state index in [0.29, 0.717) is 0 Å². The number of aryl methyl sites for hydroxylation is 2. The molecule has 0 N–H and O–H groups in total. The Balaban J connectivity index is 1.40. The van der Waals surface area contributed by atoms with Crippen LogP contribution in [0.5, 0.6) is 0 Å². The van der Waals surface area contributed by atoms with E-state index < -0.39 is 8.07 Å². The van der Waals surface area contributed by atoms with Gasteiger partial charge in [0.25, 0.3) is 0 Å². The van der Waals surface area contributed by atoms with Crippen LogP contribution >= 0.6 is 0 Å². The molecule has 35 heavy (non-hydrogen) atoms. The van der Waals surface area contributed by atoms with Crippen molar-refractivity contribution in [3.8, 4) is 22.3 Å². The minimum Gasteiger partial charge on any atom is -0.0714 e. The van der Waals surface area contributed by atoms with Crippen molar-refractivity contribution in [1.29, 1.82) is 0 Å². The molecule has 0 atom stereocenters. The van der Waals surface area contributed by atoms with Gasteiger partial charge in [-0.15, -0.1) is 0 Å². The Bertz CT molecular complexity index is 1420. The Hall–Kier alpha value is -3.42. The first-order valence-electron chi connectivity index (χ1n) is 12.7. The first kappa shape index (κ1) is 22.1. The monoisotopic (exact) mass is 468 g/mol. The van der Waals surface area contributed by atoms with Crippen molar-refractivity contribution in [2.24, 2.45) is 0 Å². The van der Waals surface area contributed by atoms with E-state index in [9.17, 15) is 0 Å². The third kappa shape index (κ3) is 3.66. The summed E-state index contributed by atoms with van der Waals surface area (Å²) >= 11 is 0. The van der Waals surface area contributed by atoms with Gasteiger partial charge in [-0.25, -0.2) is 0 Å². The Morgan fingerprint density at radius 3 is 1.31 bits per heavy atom. The number of allylic oxidation sites excluding steroid dienone is 2. The van der Waals surface area contributed by atoms with E-state index in [4.69, 9.17) is 0 Å². The van der Waals surface area contributed by atoms with Crippen LogP contribution in [0.1, 0.15) is 33.4 Å². The van der Waals surface area contributed by atoms with Gasteiger partial charge in [0, 0.05) is 0 Å². The van der Waals surface area contributed by atoms with E-state index in [-0.39, 0.29) is 0 Å². The smallest absolute Gasteiger partial charge is 0.0714 e. The van der Waals surface area contributed by atoms with Gasteiger partial charge >= 0.3 is 0 Å². The highest BCUT2D eigenvalue weighted by Crippen LogP contribution is 2.44. The lowest BCUT2D eigenvalue weighted by molar-refractivity contribution is 1.22. The highest BCUT2D eigenvalue weighted by molar-refractivity contribution is 6.92. The first-order chi connectivity index (χ1) is 16.9. The largest absolute Gasteiger partial charge is 0.103 e. The van der Waals surface area contributed by atoms with Crippen LogP contribution in [0.2, 0.25) is 13.1 Å². The molecule has 2 aliphatic carbocycles. The highest BCUT2D eigenvalue weighted by atomic mass is 28.3. The molecule has 4 aromatic carbocycles. The molecule has 0 amide bonds. The van der Waals surface area contributed by atoms with Gasteiger partial charge in [-0.05, 0) is 82.3 Å². The topological polar surface area (TPSA) is 0 Å². The van der Waals surface area contributed by atoms with Crippen molar-refractivity contribution >= 4 is 20.2 Å². The molecule has 0 fully saturated rings. The Morgan fingerprint density at radius 1 is 0.486 bits per heavy atom. The molecule has 0 nitrogen and oxygen atoms in total. The van der Waals surface area contributed by atoms with Gasteiger partial charge in [-0.2, -0.15) is 0 Å². The van der Waals surface area contributed by atoms with Crippen molar-refractivity contribution in [3.63, 3.8) is 0 Å². The quantitative estimate of drug-likeness (QED) is 0.262. The van der Waals surface area contributed by atoms with Crippen LogP contribution in [0.3, 0.4) is 0 Å². The lowest BCUT2D eigenvalue weighted by atomic mass is 9.94. The lowest BCUT2D eigenvalue weighted by Gasteiger charge is -2.26. The molecule has 6 rings (SSSR count). The normalized spacial score (nSPS) is 14.4. The summed E-state index contributed by atoms with van der Waals surface area (Å²) in [6.45, 7) is 9.56. The number of benzene rings is 4.